The molecule has 4 heteroatoms. The first-order valence-electron chi connectivity index (χ1n) is 22.0. The standard InChI is InChI=1S/2C26H33.C2H6Si.2ClH.Zr/c2*1-7-9-20-10-11-21-12-19(8-2)13-25(21)26(20)24-15-22(17(3)4)14-23(16-24)18(5)6;1-3-2;;;/h2*10-18H,7-9H2,1-6H3;1-2H3;2*1H;/q2*-1;;;;+4/p-2. The molecule has 58 heavy (non-hydrogen) atoms. The van der Waals surface area contributed by atoms with E-state index in [-0.39, 0.29) is 0 Å². The summed E-state index contributed by atoms with van der Waals surface area (Å²) in [7, 11) is 11.0. The van der Waals surface area contributed by atoms with Crippen LogP contribution in [-0.2, 0) is 46.5 Å². The number of halogens is 2. The third kappa shape index (κ3) is 13.4. The summed E-state index contributed by atoms with van der Waals surface area (Å²) >= 11 is -0.826. The molecule has 2 radical (unpaired) electrons. The molecule has 0 aliphatic heterocycles. The van der Waals surface area contributed by atoms with Crippen LogP contribution in [0, 0.1) is 0 Å². The van der Waals surface area contributed by atoms with Crippen molar-refractivity contribution in [1.82, 2.24) is 0 Å². The van der Waals surface area contributed by atoms with Gasteiger partial charge in [-0.25, -0.2) is 0 Å². The average Bonchev–Trinajstić information content (AvgIpc) is 3.82. The van der Waals surface area contributed by atoms with E-state index in [0.717, 1.165) is 35.2 Å². The van der Waals surface area contributed by atoms with Crippen LogP contribution in [0.4, 0.5) is 0 Å². The predicted octanol–water partition coefficient (Wildman–Crippen LogP) is 18.1. The van der Waals surface area contributed by atoms with Crippen LogP contribution in [0.5, 0.6) is 0 Å². The van der Waals surface area contributed by atoms with Crippen molar-refractivity contribution in [2.45, 2.75) is 158 Å². The van der Waals surface area contributed by atoms with Gasteiger partial charge in [0.05, 0.1) is 0 Å². The minimum absolute atomic E-state index is 0.548. The molecule has 0 nitrogen and oxygen atoms in total. The quantitative estimate of drug-likeness (QED) is 0.0848. The van der Waals surface area contributed by atoms with E-state index in [1.165, 1.54) is 101 Å². The molecule has 0 bridgehead atoms. The molecule has 0 saturated carbocycles. The molecule has 0 aromatic heterocycles. The molecule has 0 atom stereocenters. The topological polar surface area (TPSA) is 0 Å². The van der Waals surface area contributed by atoms with Crippen molar-refractivity contribution < 1.29 is 20.8 Å². The van der Waals surface area contributed by atoms with E-state index in [0.29, 0.717) is 23.7 Å². The van der Waals surface area contributed by atoms with E-state index < -0.39 is 20.8 Å². The summed E-state index contributed by atoms with van der Waals surface area (Å²) in [5.74, 6) is 2.19. The van der Waals surface area contributed by atoms with Gasteiger partial charge in [0.15, 0.2) is 0 Å². The summed E-state index contributed by atoms with van der Waals surface area (Å²) in [6.45, 7) is 31.8. The molecule has 0 aliphatic rings. The maximum absolute atomic E-state index is 4.93. The van der Waals surface area contributed by atoms with Crippen LogP contribution in [-0.4, -0.2) is 9.52 Å². The van der Waals surface area contributed by atoms with Gasteiger partial charge < -0.3 is 0 Å². The third-order valence-electron chi connectivity index (χ3n) is 11.1. The summed E-state index contributed by atoms with van der Waals surface area (Å²) in [6.07, 6.45) is 6.84. The van der Waals surface area contributed by atoms with Crippen LogP contribution in [0.1, 0.15) is 164 Å². The van der Waals surface area contributed by atoms with Crippen molar-refractivity contribution in [3.05, 3.63) is 129 Å². The van der Waals surface area contributed by atoms with Gasteiger partial charge in [0, 0.05) is 9.52 Å². The number of fused-ring (bicyclic) bond motifs is 2. The molecule has 0 N–H and O–H groups in total. The second kappa shape index (κ2) is 24.9. The molecule has 6 aromatic carbocycles. The van der Waals surface area contributed by atoms with Gasteiger partial charge in [-0.2, -0.15) is 12.1 Å². The zero-order valence-corrected chi connectivity index (χ0v) is 43.4. The van der Waals surface area contributed by atoms with E-state index >= 15 is 0 Å². The number of benzene rings is 4. The SMILES string of the molecule is CCCc1ccc2[cH-]c(CC)cc2c1-c1cc(C(C)C)cc(C(C)C)c1.CCCc1ccc2[cH-]c(CC)cc2c1-c1cc(C(C)C)cc(C(C)C)c1.C[Si]C.[Cl][Zr+2][Cl]. The van der Waals surface area contributed by atoms with Gasteiger partial charge in [-0.15, -0.1) is 69.1 Å². The van der Waals surface area contributed by atoms with Gasteiger partial charge in [0.25, 0.3) is 0 Å². The molecule has 0 heterocycles. The third-order valence-corrected chi connectivity index (χ3v) is 11.1. The Morgan fingerprint density at radius 3 is 1.03 bits per heavy atom. The average molecular weight is 911 g/mol. The molecule has 0 spiro atoms. The summed E-state index contributed by atoms with van der Waals surface area (Å²) in [5, 5.41) is 5.64. The molecule has 6 aromatic rings. The summed E-state index contributed by atoms with van der Waals surface area (Å²) in [4.78, 5) is 0. The monoisotopic (exact) mass is 908 g/mol. The van der Waals surface area contributed by atoms with E-state index in [1.54, 1.807) is 0 Å². The van der Waals surface area contributed by atoms with Crippen LogP contribution in [0.2, 0.25) is 13.1 Å². The van der Waals surface area contributed by atoms with Crippen LogP contribution in [0.3, 0.4) is 0 Å². The number of aryl methyl sites for hydroxylation is 4. The Labute approximate surface area is 376 Å². The fourth-order valence-corrected chi connectivity index (χ4v) is 7.80. The van der Waals surface area contributed by atoms with Gasteiger partial charge in [0.2, 0.25) is 0 Å². The maximum atomic E-state index is 4.93. The zero-order chi connectivity index (χ0) is 43.1. The molecule has 0 saturated heterocycles. The first kappa shape index (κ1) is 50.1. The molecule has 0 amide bonds. The fraction of sp³-hybridized carbons (Fsp3) is 0.444. The normalized spacial score (nSPS) is 11.1. The molecule has 6 rings (SSSR count). The van der Waals surface area contributed by atoms with E-state index in [1.807, 2.05) is 0 Å². The van der Waals surface area contributed by atoms with Gasteiger partial charge in [-0.3, -0.25) is 0 Å². The van der Waals surface area contributed by atoms with E-state index in [4.69, 9.17) is 17.0 Å². The zero-order valence-electron chi connectivity index (χ0n) is 38.4. The Balaban J connectivity index is 0.000000273. The van der Waals surface area contributed by atoms with Gasteiger partial charge in [0.1, 0.15) is 0 Å². The number of hydrogen-bond donors (Lipinski definition) is 0. The Bertz CT molecular complexity index is 1940. The Morgan fingerprint density at radius 2 is 0.793 bits per heavy atom. The van der Waals surface area contributed by atoms with Crippen molar-refractivity contribution >= 4 is 48.1 Å². The fourth-order valence-electron chi connectivity index (χ4n) is 7.80. The molecular formula is C54H72Cl2SiZr. The van der Waals surface area contributed by atoms with Crippen molar-refractivity contribution in [1.29, 1.82) is 0 Å². The van der Waals surface area contributed by atoms with E-state index in [2.05, 4.69) is 181 Å². The van der Waals surface area contributed by atoms with Crippen molar-refractivity contribution in [3.63, 3.8) is 0 Å². The first-order valence-corrected chi connectivity index (χ1v) is 30.3. The molecule has 0 unspecified atom stereocenters. The van der Waals surface area contributed by atoms with Crippen LogP contribution >= 0.6 is 17.0 Å². The minimum atomic E-state index is -0.826. The molecule has 310 valence electrons. The van der Waals surface area contributed by atoms with Gasteiger partial charge >= 0.3 is 37.9 Å². The number of rotatable bonds is 12. The first-order chi connectivity index (χ1) is 27.7. The molecular weight excluding hydrogens is 839 g/mol. The Morgan fingerprint density at radius 1 is 0.500 bits per heavy atom. The molecule has 0 aliphatic carbocycles. The predicted molar refractivity (Wildman–Crippen MR) is 262 cm³/mol. The summed E-state index contributed by atoms with van der Waals surface area (Å²) < 4.78 is 0. The van der Waals surface area contributed by atoms with Crippen LogP contribution in [0.15, 0.2) is 84.9 Å². The van der Waals surface area contributed by atoms with Gasteiger partial charge in [-0.05, 0) is 82.7 Å². The second-order valence-electron chi connectivity index (χ2n) is 17.1. The molecule has 0 fully saturated rings. The van der Waals surface area contributed by atoms with Crippen molar-refractivity contribution in [2.75, 3.05) is 0 Å². The Hall–Kier alpha value is -2.22. The van der Waals surface area contributed by atoms with E-state index in [9.17, 15) is 0 Å². The van der Waals surface area contributed by atoms with Crippen molar-refractivity contribution in [3.8, 4) is 22.3 Å². The second-order valence-corrected chi connectivity index (χ2v) is 21.8. The van der Waals surface area contributed by atoms with Gasteiger partial charge in [-0.1, -0.05) is 168 Å². The van der Waals surface area contributed by atoms with Crippen LogP contribution in [0.25, 0.3) is 43.8 Å². The summed E-state index contributed by atoms with van der Waals surface area (Å²) in [6, 6.07) is 33.5. The Kier molecular flexibility index (Phi) is 21.5. The number of hydrogen-bond acceptors (Lipinski definition) is 0. The van der Waals surface area contributed by atoms with Crippen LogP contribution < -0.4 is 0 Å². The van der Waals surface area contributed by atoms with Crippen molar-refractivity contribution in [2.24, 2.45) is 0 Å². The summed E-state index contributed by atoms with van der Waals surface area (Å²) in [5.41, 5.74) is 17.4.